The summed E-state index contributed by atoms with van der Waals surface area (Å²) in [4.78, 5) is 16.7. The number of nitrogens with one attached hydrogen (secondary N) is 1. The molecule has 2 heterocycles. The van der Waals surface area contributed by atoms with Gasteiger partial charge in [0.2, 0.25) is 5.91 Å². The molecule has 2 aromatic carbocycles. The average molecular weight is 369 g/mol. The van der Waals surface area contributed by atoms with Crippen molar-refractivity contribution in [3.8, 4) is 0 Å². The standard InChI is InChI=1S/C19H20FN5O2/c20-15-4-1-3-14(11-15)12-24-7-9-25(10-8-24)13-18(26)21-16-5-2-6-17-19(16)23-27-22-17/h1-6,11H,7-10,12-13H2,(H,21,26). The fraction of sp³-hybridized carbons (Fsp3) is 0.316. The first-order valence-electron chi connectivity index (χ1n) is 8.88. The number of piperazine rings is 1. The molecule has 1 aromatic heterocycles. The summed E-state index contributed by atoms with van der Waals surface area (Å²) in [6.45, 7) is 4.30. The van der Waals surface area contributed by atoms with Crippen LogP contribution in [0.25, 0.3) is 11.0 Å². The van der Waals surface area contributed by atoms with Gasteiger partial charge in [-0.2, -0.15) is 0 Å². The molecule has 1 aliphatic heterocycles. The maximum atomic E-state index is 13.3. The monoisotopic (exact) mass is 369 g/mol. The highest BCUT2D eigenvalue weighted by molar-refractivity contribution is 5.99. The summed E-state index contributed by atoms with van der Waals surface area (Å²) in [6.07, 6.45) is 0. The largest absolute Gasteiger partial charge is 0.323 e. The summed E-state index contributed by atoms with van der Waals surface area (Å²) in [5.74, 6) is -0.302. The summed E-state index contributed by atoms with van der Waals surface area (Å²) >= 11 is 0. The number of aromatic nitrogens is 2. The molecule has 1 amide bonds. The van der Waals surface area contributed by atoms with Crippen molar-refractivity contribution in [2.75, 3.05) is 38.0 Å². The third-order valence-electron chi connectivity index (χ3n) is 4.69. The second-order valence-electron chi connectivity index (χ2n) is 6.67. The normalized spacial score (nSPS) is 15.9. The average Bonchev–Trinajstić information content (AvgIpc) is 3.13. The summed E-state index contributed by atoms with van der Waals surface area (Å²) in [6, 6.07) is 12.0. The number of nitrogens with zero attached hydrogens (tertiary/aromatic N) is 4. The zero-order valence-electron chi connectivity index (χ0n) is 14.8. The number of carbonyl (C=O) groups excluding carboxylic acids is 1. The first-order valence-corrected chi connectivity index (χ1v) is 8.88. The van der Waals surface area contributed by atoms with Crippen LogP contribution in [0.1, 0.15) is 5.56 Å². The van der Waals surface area contributed by atoms with E-state index >= 15 is 0 Å². The predicted molar refractivity (Wildman–Crippen MR) is 98.6 cm³/mol. The fourth-order valence-electron chi connectivity index (χ4n) is 3.30. The lowest BCUT2D eigenvalue weighted by molar-refractivity contribution is -0.117. The molecule has 0 radical (unpaired) electrons. The molecule has 27 heavy (non-hydrogen) atoms. The van der Waals surface area contributed by atoms with Crippen LogP contribution in [0.2, 0.25) is 0 Å². The summed E-state index contributed by atoms with van der Waals surface area (Å²) in [5.41, 5.74) is 2.73. The SMILES string of the molecule is O=C(CN1CCN(Cc2cccc(F)c2)CC1)Nc1cccc2nonc12. The van der Waals surface area contributed by atoms with E-state index in [1.807, 2.05) is 6.07 Å². The van der Waals surface area contributed by atoms with Crippen LogP contribution in [0.3, 0.4) is 0 Å². The van der Waals surface area contributed by atoms with Crippen LogP contribution in [0, 0.1) is 5.82 Å². The van der Waals surface area contributed by atoms with Gasteiger partial charge in [0.25, 0.3) is 0 Å². The van der Waals surface area contributed by atoms with Crippen molar-refractivity contribution in [2.24, 2.45) is 0 Å². The topological polar surface area (TPSA) is 74.5 Å². The van der Waals surface area contributed by atoms with Crippen LogP contribution in [0.4, 0.5) is 10.1 Å². The fourth-order valence-corrected chi connectivity index (χ4v) is 3.30. The van der Waals surface area contributed by atoms with Crippen LogP contribution < -0.4 is 5.32 Å². The molecule has 1 aliphatic rings. The van der Waals surface area contributed by atoms with Gasteiger partial charge in [0.1, 0.15) is 11.3 Å². The predicted octanol–water partition coefficient (Wildman–Crippen LogP) is 2.12. The Morgan fingerprint density at radius 3 is 2.67 bits per heavy atom. The quantitative estimate of drug-likeness (QED) is 0.743. The van der Waals surface area contributed by atoms with Crippen LogP contribution in [0.15, 0.2) is 47.1 Å². The lowest BCUT2D eigenvalue weighted by Crippen LogP contribution is -2.48. The van der Waals surface area contributed by atoms with Crippen molar-refractivity contribution in [1.29, 1.82) is 0 Å². The van der Waals surface area contributed by atoms with E-state index in [2.05, 4.69) is 25.4 Å². The molecule has 140 valence electrons. The molecule has 0 spiro atoms. The molecule has 1 fully saturated rings. The van der Waals surface area contributed by atoms with Crippen LogP contribution in [-0.2, 0) is 11.3 Å². The Bertz CT molecular complexity index is 937. The van der Waals surface area contributed by atoms with Crippen LogP contribution >= 0.6 is 0 Å². The van der Waals surface area contributed by atoms with Gasteiger partial charge in [-0.05, 0) is 40.1 Å². The Hall–Kier alpha value is -2.84. The molecule has 1 saturated heterocycles. The zero-order valence-corrected chi connectivity index (χ0v) is 14.8. The third-order valence-corrected chi connectivity index (χ3v) is 4.69. The molecule has 8 heteroatoms. The minimum atomic E-state index is -0.208. The number of rotatable bonds is 5. The highest BCUT2D eigenvalue weighted by atomic mass is 19.1. The van der Waals surface area contributed by atoms with Gasteiger partial charge in [-0.3, -0.25) is 14.6 Å². The van der Waals surface area contributed by atoms with E-state index in [1.54, 1.807) is 30.3 Å². The molecule has 0 saturated carbocycles. The maximum Gasteiger partial charge on any atom is 0.238 e. The van der Waals surface area contributed by atoms with E-state index in [1.165, 1.54) is 6.07 Å². The van der Waals surface area contributed by atoms with Gasteiger partial charge in [0.05, 0.1) is 12.2 Å². The number of hydrogen-bond donors (Lipinski definition) is 1. The van der Waals surface area contributed by atoms with Gasteiger partial charge >= 0.3 is 0 Å². The molecule has 7 nitrogen and oxygen atoms in total. The lowest BCUT2D eigenvalue weighted by Gasteiger charge is -2.34. The highest BCUT2D eigenvalue weighted by Crippen LogP contribution is 2.19. The number of anilines is 1. The number of carbonyl (C=O) groups is 1. The summed E-state index contributed by atoms with van der Waals surface area (Å²) in [7, 11) is 0. The van der Waals surface area contributed by atoms with Crippen molar-refractivity contribution >= 4 is 22.6 Å². The molecule has 3 aromatic rings. The Morgan fingerprint density at radius 1 is 1.07 bits per heavy atom. The Balaban J connectivity index is 1.27. The van der Waals surface area contributed by atoms with E-state index in [9.17, 15) is 9.18 Å². The molecule has 0 atom stereocenters. The van der Waals surface area contributed by atoms with Crippen molar-refractivity contribution in [2.45, 2.75) is 6.54 Å². The maximum absolute atomic E-state index is 13.3. The molecule has 0 unspecified atom stereocenters. The Labute approximate surface area is 155 Å². The molecular formula is C19H20FN5O2. The first kappa shape index (κ1) is 17.6. The smallest absolute Gasteiger partial charge is 0.238 e. The van der Waals surface area contributed by atoms with Gasteiger partial charge in [-0.25, -0.2) is 9.02 Å². The number of amides is 1. The van der Waals surface area contributed by atoms with Gasteiger partial charge in [-0.15, -0.1) is 0 Å². The second kappa shape index (κ2) is 7.81. The lowest BCUT2D eigenvalue weighted by atomic mass is 10.2. The molecule has 4 rings (SSSR count). The van der Waals surface area contributed by atoms with Crippen molar-refractivity contribution in [1.82, 2.24) is 20.1 Å². The molecule has 0 aliphatic carbocycles. The van der Waals surface area contributed by atoms with E-state index in [-0.39, 0.29) is 11.7 Å². The molecule has 0 bridgehead atoms. The van der Waals surface area contributed by atoms with Gasteiger partial charge < -0.3 is 5.32 Å². The third kappa shape index (κ3) is 4.29. The number of hydrogen-bond acceptors (Lipinski definition) is 6. The van der Waals surface area contributed by atoms with Crippen LogP contribution in [-0.4, -0.2) is 58.7 Å². The van der Waals surface area contributed by atoms with Gasteiger partial charge in [0.15, 0.2) is 5.52 Å². The van der Waals surface area contributed by atoms with E-state index in [0.29, 0.717) is 23.3 Å². The minimum absolute atomic E-state index is 0.0934. The van der Waals surface area contributed by atoms with Gasteiger partial charge in [0, 0.05) is 32.7 Å². The van der Waals surface area contributed by atoms with Gasteiger partial charge in [-0.1, -0.05) is 18.2 Å². The zero-order chi connectivity index (χ0) is 18.6. The van der Waals surface area contributed by atoms with E-state index < -0.39 is 0 Å². The second-order valence-corrected chi connectivity index (χ2v) is 6.67. The highest BCUT2D eigenvalue weighted by Gasteiger charge is 2.20. The van der Waals surface area contributed by atoms with Crippen molar-refractivity contribution < 1.29 is 13.8 Å². The number of benzene rings is 2. The summed E-state index contributed by atoms with van der Waals surface area (Å²) < 4.78 is 18.0. The van der Waals surface area contributed by atoms with Crippen molar-refractivity contribution in [3.63, 3.8) is 0 Å². The van der Waals surface area contributed by atoms with Crippen molar-refractivity contribution in [3.05, 3.63) is 53.8 Å². The number of fused-ring (bicyclic) bond motifs is 1. The van der Waals surface area contributed by atoms with E-state index in [4.69, 9.17) is 4.63 Å². The Kier molecular flexibility index (Phi) is 5.08. The molecule has 1 N–H and O–H groups in total. The minimum Gasteiger partial charge on any atom is -0.323 e. The van der Waals surface area contributed by atoms with E-state index in [0.717, 1.165) is 38.3 Å². The van der Waals surface area contributed by atoms with Crippen LogP contribution in [0.5, 0.6) is 0 Å². The number of halogens is 1. The first-order chi connectivity index (χ1) is 13.2. The summed E-state index contributed by atoms with van der Waals surface area (Å²) in [5, 5.41) is 10.5. The molecular weight excluding hydrogens is 349 g/mol. The Morgan fingerprint density at radius 2 is 1.85 bits per heavy atom.